The van der Waals surface area contributed by atoms with Crippen LogP contribution in [0.25, 0.3) is 0 Å². The van der Waals surface area contributed by atoms with Crippen molar-refractivity contribution in [3.8, 4) is 0 Å². The average Bonchev–Trinajstić information content (AvgIpc) is 2.57. The number of nitrogens with two attached hydrogens (primary N) is 2. The zero-order valence-electron chi connectivity index (χ0n) is 14.6. The Morgan fingerprint density at radius 2 is 1.52 bits per heavy atom. The van der Waals surface area contributed by atoms with Crippen LogP contribution in [-0.2, 0) is 14.4 Å². The monoisotopic (exact) mass is 327 g/mol. The summed E-state index contributed by atoms with van der Waals surface area (Å²) in [5.41, 5.74) is 9.32. The Kier molecular flexibility index (Phi) is 5.28. The highest BCUT2D eigenvalue weighted by molar-refractivity contribution is 5.99. The van der Waals surface area contributed by atoms with Gasteiger partial charge in [0.15, 0.2) is 5.78 Å². The molecule has 1 rings (SSSR count). The van der Waals surface area contributed by atoms with Crippen LogP contribution in [0.5, 0.6) is 0 Å². The summed E-state index contributed by atoms with van der Waals surface area (Å²) in [4.78, 5) is 36.2. The van der Waals surface area contributed by atoms with Gasteiger partial charge in [0, 0.05) is 0 Å². The number of carbonyl (C=O) groups is 3. The second-order valence-corrected chi connectivity index (χ2v) is 7.86. The SMILES string of the molecule is C[C@H](N)C(=O)C1(NC(=O)[C@@H](N)CC(=O)O)C(C)(C)CCC1(C)C. The van der Waals surface area contributed by atoms with Crippen molar-refractivity contribution in [2.24, 2.45) is 22.3 Å². The van der Waals surface area contributed by atoms with E-state index in [-0.39, 0.29) is 5.78 Å². The molecule has 0 spiro atoms. The molecule has 0 unspecified atom stereocenters. The van der Waals surface area contributed by atoms with Crippen LogP contribution in [0.2, 0.25) is 0 Å². The van der Waals surface area contributed by atoms with E-state index in [1.54, 1.807) is 6.92 Å². The summed E-state index contributed by atoms with van der Waals surface area (Å²) in [5, 5.41) is 11.6. The molecule has 0 aromatic rings. The standard InChI is InChI=1S/C16H29N3O4/c1-9(17)12(22)16(14(2,3)6-7-15(16,4)5)19-13(23)10(18)8-11(20)21/h9-10H,6-8,17-18H2,1-5H3,(H,19,23)(H,20,21)/t9-,10-/m0/s1. The molecule has 6 N–H and O–H groups in total. The van der Waals surface area contributed by atoms with E-state index in [1.165, 1.54) is 0 Å². The molecule has 0 heterocycles. The molecule has 1 aliphatic rings. The molecule has 7 heteroatoms. The summed E-state index contributed by atoms with van der Waals surface area (Å²) < 4.78 is 0. The van der Waals surface area contributed by atoms with Crippen LogP contribution in [0.4, 0.5) is 0 Å². The average molecular weight is 327 g/mol. The largest absolute Gasteiger partial charge is 0.481 e. The molecule has 2 atom stereocenters. The molecule has 0 aromatic heterocycles. The number of hydrogen-bond donors (Lipinski definition) is 4. The molecular formula is C16H29N3O4. The van der Waals surface area contributed by atoms with Gasteiger partial charge in [-0.3, -0.25) is 14.4 Å². The summed E-state index contributed by atoms with van der Waals surface area (Å²) in [5.74, 6) is -2.05. The maximum absolute atomic E-state index is 13.0. The van der Waals surface area contributed by atoms with Crippen molar-refractivity contribution in [2.75, 3.05) is 0 Å². The number of rotatable bonds is 6. The van der Waals surface area contributed by atoms with E-state index < -0.39 is 46.7 Å². The molecule has 1 saturated carbocycles. The summed E-state index contributed by atoms with van der Waals surface area (Å²) in [6, 6.07) is -1.96. The van der Waals surface area contributed by atoms with E-state index in [9.17, 15) is 14.4 Å². The molecule has 1 amide bonds. The summed E-state index contributed by atoms with van der Waals surface area (Å²) in [6.45, 7) is 9.28. The molecule has 0 aliphatic heterocycles. The van der Waals surface area contributed by atoms with E-state index in [2.05, 4.69) is 5.32 Å². The van der Waals surface area contributed by atoms with Crippen LogP contribution in [0.1, 0.15) is 53.9 Å². The molecule has 1 fully saturated rings. The van der Waals surface area contributed by atoms with Crippen LogP contribution in [0.3, 0.4) is 0 Å². The zero-order chi connectivity index (χ0) is 18.2. The summed E-state index contributed by atoms with van der Waals surface area (Å²) in [7, 11) is 0. The number of carbonyl (C=O) groups excluding carboxylic acids is 2. The Hall–Kier alpha value is -1.47. The first-order valence-electron chi connectivity index (χ1n) is 7.88. The van der Waals surface area contributed by atoms with Crippen LogP contribution >= 0.6 is 0 Å². The van der Waals surface area contributed by atoms with Gasteiger partial charge < -0.3 is 21.9 Å². The lowest BCUT2D eigenvalue weighted by molar-refractivity contribution is -0.144. The molecule has 0 bridgehead atoms. The highest BCUT2D eigenvalue weighted by atomic mass is 16.4. The normalized spacial score (nSPS) is 23.8. The third kappa shape index (κ3) is 3.26. The number of carboxylic acids is 1. The van der Waals surface area contributed by atoms with Gasteiger partial charge in [-0.2, -0.15) is 0 Å². The molecule has 0 aromatic carbocycles. The predicted molar refractivity (Wildman–Crippen MR) is 86.6 cm³/mol. The number of ketones is 1. The van der Waals surface area contributed by atoms with Gasteiger partial charge in [0.2, 0.25) is 5.91 Å². The fraction of sp³-hybridized carbons (Fsp3) is 0.812. The Morgan fingerprint density at radius 3 is 1.87 bits per heavy atom. The summed E-state index contributed by atoms with van der Waals surface area (Å²) >= 11 is 0. The number of Topliss-reactive ketones (excluding diaryl/α,β-unsaturated/α-hetero) is 1. The predicted octanol–water partition coefficient (Wildman–Crippen LogP) is 0.406. The smallest absolute Gasteiger partial charge is 0.305 e. The van der Waals surface area contributed by atoms with Gasteiger partial charge in [-0.05, 0) is 30.6 Å². The van der Waals surface area contributed by atoms with Crippen molar-refractivity contribution >= 4 is 17.7 Å². The zero-order valence-corrected chi connectivity index (χ0v) is 14.6. The molecule has 23 heavy (non-hydrogen) atoms. The van der Waals surface area contributed by atoms with Crippen molar-refractivity contribution in [1.82, 2.24) is 5.32 Å². The number of nitrogens with one attached hydrogen (secondary N) is 1. The van der Waals surface area contributed by atoms with Crippen LogP contribution < -0.4 is 16.8 Å². The third-order valence-electron chi connectivity index (χ3n) is 5.23. The quantitative estimate of drug-likeness (QED) is 0.558. The second kappa shape index (κ2) is 6.20. The second-order valence-electron chi connectivity index (χ2n) is 7.86. The number of aliphatic carboxylic acids is 1. The lowest BCUT2D eigenvalue weighted by Gasteiger charge is -2.49. The molecule has 1 aliphatic carbocycles. The minimum atomic E-state index is -1.21. The van der Waals surface area contributed by atoms with E-state index in [1.807, 2.05) is 27.7 Å². The topological polar surface area (TPSA) is 136 Å². The third-order valence-corrected chi connectivity index (χ3v) is 5.23. The Bertz CT molecular complexity index is 495. The number of hydrogen-bond acceptors (Lipinski definition) is 5. The Morgan fingerprint density at radius 1 is 1.09 bits per heavy atom. The van der Waals surface area contributed by atoms with Crippen molar-refractivity contribution in [1.29, 1.82) is 0 Å². The van der Waals surface area contributed by atoms with Crippen molar-refractivity contribution in [3.05, 3.63) is 0 Å². The molecule has 0 radical (unpaired) electrons. The highest BCUT2D eigenvalue weighted by Crippen LogP contribution is 2.57. The van der Waals surface area contributed by atoms with Crippen molar-refractivity contribution in [3.63, 3.8) is 0 Å². The molecule has 132 valence electrons. The van der Waals surface area contributed by atoms with Crippen LogP contribution in [0, 0.1) is 10.8 Å². The van der Waals surface area contributed by atoms with Crippen LogP contribution in [-0.4, -0.2) is 40.4 Å². The maximum atomic E-state index is 13.0. The first-order chi connectivity index (χ1) is 10.3. The van der Waals surface area contributed by atoms with E-state index in [0.29, 0.717) is 0 Å². The van der Waals surface area contributed by atoms with Crippen LogP contribution in [0.15, 0.2) is 0 Å². The fourth-order valence-corrected chi connectivity index (χ4v) is 3.88. The lowest BCUT2D eigenvalue weighted by atomic mass is 9.61. The van der Waals surface area contributed by atoms with Gasteiger partial charge >= 0.3 is 5.97 Å². The summed E-state index contributed by atoms with van der Waals surface area (Å²) in [6.07, 6.45) is 0.995. The highest BCUT2D eigenvalue weighted by Gasteiger charge is 2.65. The van der Waals surface area contributed by atoms with Gasteiger partial charge in [-0.1, -0.05) is 27.7 Å². The minimum absolute atomic E-state index is 0.249. The van der Waals surface area contributed by atoms with Crippen molar-refractivity contribution < 1.29 is 19.5 Å². The first kappa shape index (κ1) is 19.6. The molecular weight excluding hydrogens is 298 g/mol. The first-order valence-corrected chi connectivity index (χ1v) is 7.88. The van der Waals surface area contributed by atoms with Crippen molar-refractivity contribution in [2.45, 2.75) is 71.5 Å². The Labute approximate surface area is 137 Å². The van der Waals surface area contributed by atoms with E-state index in [4.69, 9.17) is 16.6 Å². The lowest BCUT2D eigenvalue weighted by Crippen LogP contribution is -2.71. The fourth-order valence-electron chi connectivity index (χ4n) is 3.88. The van der Waals surface area contributed by atoms with Gasteiger partial charge in [0.1, 0.15) is 5.54 Å². The number of carboxylic acid groups (broad SMARTS) is 1. The van der Waals surface area contributed by atoms with E-state index in [0.717, 1.165) is 12.8 Å². The number of amides is 1. The molecule has 0 saturated heterocycles. The van der Waals surface area contributed by atoms with Gasteiger partial charge in [0.25, 0.3) is 0 Å². The van der Waals surface area contributed by atoms with Gasteiger partial charge in [-0.25, -0.2) is 0 Å². The van der Waals surface area contributed by atoms with E-state index >= 15 is 0 Å². The minimum Gasteiger partial charge on any atom is -0.481 e. The van der Waals surface area contributed by atoms with Gasteiger partial charge in [-0.15, -0.1) is 0 Å². The van der Waals surface area contributed by atoms with Gasteiger partial charge in [0.05, 0.1) is 18.5 Å². The Balaban J connectivity index is 3.30. The molecule has 7 nitrogen and oxygen atoms in total. The maximum Gasteiger partial charge on any atom is 0.305 e.